The fourth-order valence-corrected chi connectivity index (χ4v) is 3.61. The highest BCUT2D eigenvalue weighted by molar-refractivity contribution is 9.10. The number of aryl methyl sites for hydroxylation is 1. The molecule has 2 heterocycles. The molecule has 0 saturated heterocycles. The van der Waals surface area contributed by atoms with Crippen LogP contribution >= 0.6 is 15.9 Å². The summed E-state index contributed by atoms with van der Waals surface area (Å²) in [6.07, 6.45) is 4.01. The molecule has 8 heteroatoms. The van der Waals surface area contributed by atoms with Crippen molar-refractivity contribution in [1.82, 2.24) is 19.7 Å². The largest absolute Gasteiger partial charge is 0.342 e. The van der Waals surface area contributed by atoms with Gasteiger partial charge in [0, 0.05) is 17.7 Å². The third-order valence-electron chi connectivity index (χ3n) is 4.70. The molecule has 134 valence electrons. The fourth-order valence-electron chi connectivity index (χ4n) is 3.24. The van der Waals surface area contributed by atoms with Gasteiger partial charge in [-0.05, 0) is 49.6 Å². The van der Waals surface area contributed by atoms with Gasteiger partial charge in [0.2, 0.25) is 5.95 Å². The maximum atomic E-state index is 14.3. The van der Waals surface area contributed by atoms with Crippen LogP contribution in [0.15, 0.2) is 41.0 Å². The second kappa shape index (κ2) is 6.42. The van der Waals surface area contributed by atoms with Crippen LogP contribution in [0, 0.1) is 11.6 Å². The average Bonchev–Trinajstić information content (AvgIpc) is 2.94. The molecule has 0 radical (unpaired) electrons. The first-order valence-electron chi connectivity index (χ1n) is 8.24. The Morgan fingerprint density at radius 2 is 2.00 bits per heavy atom. The summed E-state index contributed by atoms with van der Waals surface area (Å²) in [5.41, 5.74) is 0.0859. The fraction of sp³-hybridized carbons (Fsp3) is 0.278. The van der Waals surface area contributed by atoms with Crippen molar-refractivity contribution in [3.05, 3.63) is 58.3 Å². The van der Waals surface area contributed by atoms with Crippen LogP contribution < -0.4 is 5.32 Å². The number of pyridine rings is 1. The first kappa shape index (κ1) is 17.1. The molecule has 0 amide bonds. The lowest BCUT2D eigenvalue weighted by Gasteiger charge is -2.41. The van der Waals surface area contributed by atoms with Crippen molar-refractivity contribution in [2.45, 2.75) is 24.8 Å². The lowest BCUT2D eigenvalue weighted by Crippen LogP contribution is -2.44. The molecular weight excluding hydrogens is 404 g/mol. The lowest BCUT2D eigenvalue weighted by atomic mass is 9.74. The SMILES string of the molecule is Cn1nc(NC2(c3ncccc3F)CCC2)nc1-c1cc(Br)ccc1F. The summed E-state index contributed by atoms with van der Waals surface area (Å²) in [6.45, 7) is 0. The summed E-state index contributed by atoms with van der Waals surface area (Å²) in [7, 11) is 1.70. The van der Waals surface area contributed by atoms with Crippen molar-refractivity contribution in [3.63, 3.8) is 0 Å². The Balaban J connectivity index is 1.70. The van der Waals surface area contributed by atoms with Crippen LogP contribution in [-0.4, -0.2) is 19.7 Å². The van der Waals surface area contributed by atoms with Crippen molar-refractivity contribution in [2.24, 2.45) is 7.05 Å². The van der Waals surface area contributed by atoms with Crippen LogP contribution in [0.3, 0.4) is 0 Å². The van der Waals surface area contributed by atoms with E-state index < -0.39 is 5.54 Å². The van der Waals surface area contributed by atoms with E-state index in [0.29, 0.717) is 23.0 Å². The molecule has 0 bridgehead atoms. The Morgan fingerprint density at radius 1 is 1.19 bits per heavy atom. The summed E-state index contributed by atoms with van der Waals surface area (Å²) in [4.78, 5) is 8.65. The van der Waals surface area contributed by atoms with Crippen molar-refractivity contribution >= 4 is 21.9 Å². The number of benzene rings is 1. The van der Waals surface area contributed by atoms with Gasteiger partial charge >= 0.3 is 0 Å². The van der Waals surface area contributed by atoms with Crippen LogP contribution in [0.2, 0.25) is 0 Å². The van der Waals surface area contributed by atoms with Gasteiger partial charge in [0.1, 0.15) is 17.3 Å². The van der Waals surface area contributed by atoms with E-state index in [9.17, 15) is 8.78 Å². The zero-order valence-electron chi connectivity index (χ0n) is 14.0. The Labute approximate surface area is 157 Å². The molecule has 26 heavy (non-hydrogen) atoms. The summed E-state index contributed by atoms with van der Waals surface area (Å²) in [5, 5.41) is 7.58. The van der Waals surface area contributed by atoms with Crippen LogP contribution in [-0.2, 0) is 12.6 Å². The molecule has 5 nitrogen and oxygen atoms in total. The molecule has 0 atom stereocenters. The van der Waals surface area contributed by atoms with Crippen LogP contribution in [0.4, 0.5) is 14.7 Å². The maximum Gasteiger partial charge on any atom is 0.243 e. The lowest BCUT2D eigenvalue weighted by molar-refractivity contribution is 0.264. The number of rotatable bonds is 4. The van der Waals surface area contributed by atoms with Gasteiger partial charge in [-0.2, -0.15) is 4.98 Å². The van der Waals surface area contributed by atoms with Crippen molar-refractivity contribution in [2.75, 3.05) is 5.32 Å². The van der Waals surface area contributed by atoms with E-state index in [1.807, 2.05) is 0 Å². The molecule has 0 spiro atoms. The number of nitrogens with zero attached hydrogens (tertiary/aromatic N) is 4. The van der Waals surface area contributed by atoms with Gasteiger partial charge in [0.05, 0.1) is 11.1 Å². The van der Waals surface area contributed by atoms with Crippen LogP contribution in [0.25, 0.3) is 11.4 Å². The minimum absolute atomic E-state index is 0.326. The Morgan fingerprint density at radius 3 is 2.69 bits per heavy atom. The third kappa shape index (κ3) is 2.88. The van der Waals surface area contributed by atoms with Gasteiger partial charge in [0.15, 0.2) is 5.82 Å². The van der Waals surface area contributed by atoms with Gasteiger partial charge in [-0.1, -0.05) is 15.9 Å². The molecule has 1 aromatic carbocycles. The highest BCUT2D eigenvalue weighted by atomic mass is 79.9. The Hall–Kier alpha value is -2.35. The maximum absolute atomic E-state index is 14.3. The molecule has 0 unspecified atom stereocenters. The van der Waals surface area contributed by atoms with Crippen LogP contribution in [0.1, 0.15) is 25.0 Å². The van der Waals surface area contributed by atoms with Crippen molar-refractivity contribution < 1.29 is 8.78 Å². The minimum atomic E-state index is -0.625. The highest BCUT2D eigenvalue weighted by Crippen LogP contribution is 2.43. The third-order valence-corrected chi connectivity index (χ3v) is 5.20. The predicted molar refractivity (Wildman–Crippen MR) is 97.4 cm³/mol. The molecule has 4 rings (SSSR count). The van der Waals surface area contributed by atoms with E-state index in [-0.39, 0.29) is 11.6 Å². The zero-order valence-corrected chi connectivity index (χ0v) is 15.6. The highest BCUT2D eigenvalue weighted by Gasteiger charge is 2.43. The molecule has 1 N–H and O–H groups in total. The first-order chi connectivity index (χ1) is 12.5. The second-order valence-electron chi connectivity index (χ2n) is 6.40. The molecule has 1 fully saturated rings. The number of hydrogen-bond acceptors (Lipinski definition) is 4. The van der Waals surface area contributed by atoms with Gasteiger partial charge in [-0.25, -0.2) is 13.5 Å². The molecule has 0 aliphatic heterocycles. The number of hydrogen-bond donors (Lipinski definition) is 1. The van der Waals surface area contributed by atoms with Crippen molar-refractivity contribution in [3.8, 4) is 11.4 Å². The zero-order chi connectivity index (χ0) is 18.3. The molecule has 1 aliphatic carbocycles. The van der Waals surface area contributed by atoms with Gasteiger partial charge in [-0.3, -0.25) is 4.98 Å². The second-order valence-corrected chi connectivity index (χ2v) is 7.32. The van der Waals surface area contributed by atoms with E-state index in [2.05, 4.69) is 36.3 Å². The van der Waals surface area contributed by atoms with Gasteiger partial charge in [-0.15, -0.1) is 5.10 Å². The monoisotopic (exact) mass is 419 g/mol. The molecule has 3 aromatic rings. The van der Waals surface area contributed by atoms with E-state index in [1.54, 1.807) is 31.4 Å². The smallest absolute Gasteiger partial charge is 0.243 e. The van der Waals surface area contributed by atoms with Gasteiger partial charge in [0.25, 0.3) is 0 Å². The first-order valence-corrected chi connectivity index (χ1v) is 9.03. The number of nitrogens with one attached hydrogen (secondary N) is 1. The van der Waals surface area contributed by atoms with Crippen LogP contribution in [0.5, 0.6) is 0 Å². The molecule has 1 saturated carbocycles. The normalized spacial score (nSPS) is 15.5. The van der Waals surface area contributed by atoms with E-state index in [4.69, 9.17) is 0 Å². The quantitative estimate of drug-likeness (QED) is 0.680. The van der Waals surface area contributed by atoms with Gasteiger partial charge < -0.3 is 5.32 Å². The molecule has 2 aromatic heterocycles. The van der Waals surface area contributed by atoms with Crippen molar-refractivity contribution in [1.29, 1.82) is 0 Å². The predicted octanol–water partition coefficient (Wildman–Crippen LogP) is 4.41. The Kier molecular flexibility index (Phi) is 4.22. The average molecular weight is 420 g/mol. The summed E-state index contributed by atoms with van der Waals surface area (Å²) in [6, 6.07) is 7.62. The number of halogens is 3. The summed E-state index contributed by atoms with van der Waals surface area (Å²) in [5.74, 6) is -0.0211. The number of anilines is 1. The summed E-state index contributed by atoms with van der Waals surface area (Å²) >= 11 is 3.34. The van der Waals surface area contributed by atoms with E-state index in [1.165, 1.54) is 16.8 Å². The number of aromatic nitrogens is 4. The summed E-state index contributed by atoms with van der Waals surface area (Å²) < 4.78 is 30.7. The standard InChI is InChI=1S/C18H16BrF2N5/c1-26-16(12-10-11(19)5-6-13(12)20)23-17(25-26)24-18(7-3-8-18)15-14(21)4-2-9-22-15/h2,4-6,9-10H,3,7-8H2,1H3,(H,24,25). The molecule has 1 aliphatic rings. The van der Waals surface area contributed by atoms with E-state index in [0.717, 1.165) is 23.7 Å². The Bertz CT molecular complexity index is 968. The molecular formula is C18H16BrF2N5. The van der Waals surface area contributed by atoms with E-state index >= 15 is 0 Å². The minimum Gasteiger partial charge on any atom is -0.342 e. The topological polar surface area (TPSA) is 55.6 Å².